The number of hydrogen-bond acceptors (Lipinski definition) is 1. The fraction of sp³-hybridized carbons (Fsp3) is 0.0377. The fourth-order valence-electron chi connectivity index (χ4n) is 9.05. The summed E-state index contributed by atoms with van der Waals surface area (Å²) in [6, 6.07) is 69.1. The second-order valence-corrected chi connectivity index (χ2v) is 14.5. The molecule has 1 heterocycles. The molecule has 11 rings (SSSR count). The van der Waals surface area contributed by atoms with E-state index in [1.165, 1.54) is 87.2 Å². The van der Waals surface area contributed by atoms with E-state index < -0.39 is 0 Å². The molecule has 0 fully saturated rings. The van der Waals surface area contributed by atoms with Crippen LogP contribution in [0.5, 0.6) is 0 Å². The molecule has 0 atom stereocenters. The summed E-state index contributed by atoms with van der Waals surface area (Å²) >= 11 is 0. The molecule has 0 unspecified atom stereocenters. The van der Waals surface area contributed by atoms with Crippen molar-refractivity contribution >= 4 is 64.9 Å². The van der Waals surface area contributed by atoms with E-state index in [9.17, 15) is 0 Å². The van der Waals surface area contributed by atoms with E-state index in [1.807, 2.05) is 0 Å². The van der Waals surface area contributed by atoms with Crippen LogP contribution in [0.3, 0.4) is 0 Å². The Morgan fingerprint density at radius 3 is 1.84 bits per heavy atom. The lowest BCUT2D eigenvalue weighted by molar-refractivity contribution is 0.908. The Morgan fingerprint density at radius 1 is 0.418 bits per heavy atom. The average molecular weight is 701 g/mol. The van der Waals surface area contributed by atoms with Crippen molar-refractivity contribution in [3.8, 4) is 39.1 Å². The van der Waals surface area contributed by atoms with Gasteiger partial charge in [-0.3, -0.25) is 4.57 Å². The SMILES string of the molecule is CCc1nc2ccccc2n1-c1ccc(-c2c3ccccc3c(-c3cc4ccc5ccccc5c4c4ccccc34)c3ccc(-c4ccccc4)cc23)cc1. The first-order chi connectivity index (χ1) is 27.2. The molecule has 0 aliphatic carbocycles. The predicted molar refractivity (Wildman–Crippen MR) is 234 cm³/mol. The molecule has 2 nitrogen and oxygen atoms in total. The molecule has 0 aliphatic rings. The van der Waals surface area contributed by atoms with Crippen molar-refractivity contribution in [2.24, 2.45) is 0 Å². The fourth-order valence-corrected chi connectivity index (χ4v) is 9.05. The lowest BCUT2D eigenvalue weighted by atomic mass is 9.82. The van der Waals surface area contributed by atoms with Crippen molar-refractivity contribution < 1.29 is 0 Å². The van der Waals surface area contributed by atoms with Crippen molar-refractivity contribution in [3.63, 3.8) is 0 Å². The average Bonchev–Trinajstić information content (AvgIpc) is 3.64. The molecule has 258 valence electrons. The molecule has 0 aliphatic heterocycles. The van der Waals surface area contributed by atoms with Gasteiger partial charge in [0, 0.05) is 12.1 Å². The molecule has 0 radical (unpaired) electrons. The maximum atomic E-state index is 4.97. The van der Waals surface area contributed by atoms with Crippen LogP contribution in [0.4, 0.5) is 0 Å². The summed E-state index contributed by atoms with van der Waals surface area (Å²) in [5.74, 6) is 1.07. The van der Waals surface area contributed by atoms with Gasteiger partial charge in [-0.05, 0) is 124 Å². The van der Waals surface area contributed by atoms with E-state index in [0.29, 0.717) is 0 Å². The lowest BCUT2D eigenvalue weighted by Gasteiger charge is -2.21. The first kappa shape index (κ1) is 31.5. The number of nitrogens with zero attached hydrogens (tertiary/aromatic N) is 2. The van der Waals surface area contributed by atoms with Crippen molar-refractivity contribution in [3.05, 3.63) is 194 Å². The Morgan fingerprint density at radius 2 is 1.04 bits per heavy atom. The van der Waals surface area contributed by atoms with Crippen molar-refractivity contribution in [1.82, 2.24) is 9.55 Å². The minimum atomic E-state index is 0.856. The number of benzene rings is 10. The maximum absolute atomic E-state index is 4.97. The standard InChI is InChI=1S/C53H36N2/c1-2-50-54-48-22-12-13-23-49(48)55(50)39-29-26-36(27-30-39)51-43-20-10-11-21-44(43)53(45-31-28-37(32-47(45)51)34-14-4-3-5-15-34)46-33-38-25-24-35-16-6-7-17-40(35)52(38)42-19-9-8-18-41(42)46/h3-33H,2H2,1H3. The minimum Gasteiger partial charge on any atom is -0.296 e. The molecule has 2 heteroatoms. The van der Waals surface area contributed by atoms with Gasteiger partial charge in [-0.25, -0.2) is 4.98 Å². The summed E-state index contributed by atoms with van der Waals surface area (Å²) in [6.07, 6.45) is 0.856. The van der Waals surface area contributed by atoms with Crippen LogP contribution in [0.15, 0.2) is 188 Å². The van der Waals surface area contributed by atoms with Gasteiger partial charge in [0.25, 0.3) is 0 Å². The quantitative estimate of drug-likeness (QED) is 0.129. The molecule has 0 bridgehead atoms. The number of imidazole rings is 1. The topological polar surface area (TPSA) is 17.8 Å². The Kier molecular flexibility index (Phi) is 7.18. The molecular formula is C53H36N2. The van der Waals surface area contributed by atoms with E-state index in [2.05, 4.69) is 200 Å². The molecule has 0 saturated heterocycles. The van der Waals surface area contributed by atoms with E-state index in [0.717, 1.165) is 29.0 Å². The summed E-state index contributed by atoms with van der Waals surface area (Å²) in [4.78, 5) is 4.97. The second kappa shape index (κ2) is 12.5. The van der Waals surface area contributed by atoms with Crippen LogP contribution in [0.25, 0.3) is 104 Å². The predicted octanol–water partition coefficient (Wildman–Crippen LogP) is 14.4. The van der Waals surface area contributed by atoms with Crippen LogP contribution < -0.4 is 0 Å². The normalized spacial score (nSPS) is 11.8. The number of aromatic nitrogens is 2. The number of fused-ring (bicyclic) bond motifs is 8. The van der Waals surface area contributed by atoms with Crippen LogP contribution in [0, 0.1) is 0 Å². The van der Waals surface area contributed by atoms with Crippen molar-refractivity contribution in [2.75, 3.05) is 0 Å². The van der Waals surface area contributed by atoms with Gasteiger partial charge in [0.1, 0.15) is 5.82 Å². The summed E-state index contributed by atoms with van der Waals surface area (Å²) in [5, 5.41) is 12.6. The van der Waals surface area contributed by atoms with Gasteiger partial charge < -0.3 is 0 Å². The zero-order valence-electron chi connectivity index (χ0n) is 30.5. The number of para-hydroxylation sites is 2. The molecule has 0 amide bonds. The van der Waals surface area contributed by atoms with E-state index in [4.69, 9.17) is 4.98 Å². The molecule has 10 aromatic carbocycles. The summed E-state index contributed by atoms with van der Waals surface area (Å²) in [6.45, 7) is 2.18. The number of aryl methyl sites for hydroxylation is 1. The number of hydrogen-bond donors (Lipinski definition) is 0. The minimum absolute atomic E-state index is 0.856. The van der Waals surface area contributed by atoms with Gasteiger partial charge in [0.15, 0.2) is 0 Å². The third-order valence-electron chi connectivity index (χ3n) is 11.5. The molecule has 55 heavy (non-hydrogen) atoms. The van der Waals surface area contributed by atoms with Gasteiger partial charge >= 0.3 is 0 Å². The molecular weight excluding hydrogens is 665 g/mol. The highest BCUT2D eigenvalue weighted by atomic mass is 15.1. The Bertz CT molecular complexity index is 3280. The Balaban J connectivity index is 1.22. The molecule has 11 aromatic rings. The first-order valence-corrected chi connectivity index (χ1v) is 19.2. The van der Waals surface area contributed by atoms with Crippen molar-refractivity contribution in [1.29, 1.82) is 0 Å². The highest BCUT2D eigenvalue weighted by molar-refractivity contribution is 6.28. The van der Waals surface area contributed by atoms with Crippen LogP contribution in [0.1, 0.15) is 12.7 Å². The van der Waals surface area contributed by atoms with Crippen molar-refractivity contribution in [2.45, 2.75) is 13.3 Å². The van der Waals surface area contributed by atoms with E-state index in [-0.39, 0.29) is 0 Å². The van der Waals surface area contributed by atoms with Crippen LogP contribution in [0.2, 0.25) is 0 Å². The molecule has 0 saturated carbocycles. The lowest BCUT2D eigenvalue weighted by Crippen LogP contribution is -2.00. The molecule has 0 N–H and O–H groups in total. The van der Waals surface area contributed by atoms with E-state index in [1.54, 1.807) is 0 Å². The van der Waals surface area contributed by atoms with Gasteiger partial charge in [0.2, 0.25) is 0 Å². The summed E-state index contributed by atoms with van der Waals surface area (Å²) in [5.41, 5.74) is 10.7. The Labute approximate surface area is 319 Å². The summed E-state index contributed by atoms with van der Waals surface area (Å²) in [7, 11) is 0. The Hall–Kier alpha value is -7.03. The summed E-state index contributed by atoms with van der Waals surface area (Å²) < 4.78 is 2.31. The highest BCUT2D eigenvalue weighted by Crippen LogP contribution is 2.48. The highest BCUT2D eigenvalue weighted by Gasteiger charge is 2.21. The smallest absolute Gasteiger partial charge is 0.114 e. The van der Waals surface area contributed by atoms with Gasteiger partial charge in [-0.1, -0.05) is 159 Å². The van der Waals surface area contributed by atoms with Crippen LogP contribution in [-0.4, -0.2) is 9.55 Å². The van der Waals surface area contributed by atoms with E-state index >= 15 is 0 Å². The first-order valence-electron chi connectivity index (χ1n) is 19.2. The maximum Gasteiger partial charge on any atom is 0.114 e. The zero-order valence-corrected chi connectivity index (χ0v) is 30.5. The monoisotopic (exact) mass is 700 g/mol. The third kappa shape index (κ3) is 4.92. The van der Waals surface area contributed by atoms with Crippen LogP contribution in [-0.2, 0) is 6.42 Å². The van der Waals surface area contributed by atoms with Gasteiger partial charge in [-0.2, -0.15) is 0 Å². The third-order valence-corrected chi connectivity index (χ3v) is 11.5. The van der Waals surface area contributed by atoms with Crippen LogP contribution >= 0.6 is 0 Å². The zero-order chi connectivity index (χ0) is 36.5. The van der Waals surface area contributed by atoms with Gasteiger partial charge in [0.05, 0.1) is 11.0 Å². The second-order valence-electron chi connectivity index (χ2n) is 14.5. The molecule has 0 spiro atoms. The number of rotatable bonds is 5. The van der Waals surface area contributed by atoms with Gasteiger partial charge in [-0.15, -0.1) is 0 Å². The largest absolute Gasteiger partial charge is 0.296 e. The molecule has 1 aromatic heterocycles.